The molecule has 0 bridgehead atoms. The van der Waals surface area contributed by atoms with E-state index in [4.69, 9.17) is 0 Å². The molecule has 0 aromatic rings. The number of carbonyl (C=O) groups is 3. The quantitative estimate of drug-likeness (QED) is 0.641. The summed E-state index contributed by atoms with van der Waals surface area (Å²) in [4.78, 5) is 40.0. The summed E-state index contributed by atoms with van der Waals surface area (Å²) in [6.45, 7) is 10.9. The van der Waals surface area contributed by atoms with Gasteiger partial charge in [0.25, 0.3) is 0 Å². The Morgan fingerprint density at radius 2 is 1.68 bits per heavy atom. The van der Waals surface area contributed by atoms with Crippen molar-refractivity contribution in [3.63, 3.8) is 0 Å². The number of rotatable bonds is 5. The Morgan fingerprint density at radius 1 is 1.08 bits per heavy atom. The van der Waals surface area contributed by atoms with Crippen LogP contribution in [-0.4, -0.2) is 78.0 Å². The average Bonchev–Trinajstić information content (AvgIpc) is 3.28. The first kappa shape index (κ1) is 19.7. The first-order valence-electron chi connectivity index (χ1n) is 9.03. The molecule has 2 aliphatic rings. The maximum absolute atomic E-state index is 12.2. The molecule has 2 fully saturated rings. The SMILES string of the molecule is CC(C(=O)NC(=O)NC1CC1)N1CCN(CC(=O)NC(C)(C)C)CC1. The van der Waals surface area contributed by atoms with Crippen LogP contribution in [0.1, 0.15) is 40.5 Å². The molecule has 8 heteroatoms. The summed E-state index contributed by atoms with van der Waals surface area (Å²) in [6.07, 6.45) is 1.98. The number of hydrogen-bond acceptors (Lipinski definition) is 5. The Bertz CT molecular complexity index is 505. The fourth-order valence-electron chi connectivity index (χ4n) is 2.80. The number of hydrogen-bond donors (Lipinski definition) is 3. The van der Waals surface area contributed by atoms with Crippen LogP contribution >= 0.6 is 0 Å². The van der Waals surface area contributed by atoms with Gasteiger partial charge in [-0.3, -0.25) is 24.7 Å². The summed E-state index contributed by atoms with van der Waals surface area (Å²) < 4.78 is 0. The van der Waals surface area contributed by atoms with Crippen molar-refractivity contribution in [3.8, 4) is 0 Å². The van der Waals surface area contributed by atoms with Crippen molar-refractivity contribution >= 4 is 17.8 Å². The van der Waals surface area contributed by atoms with Gasteiger partial charge in [0.15, 0.2) is 0 Å². The van der Waals surface area contributed by atoms with E-state index in [0.717, 1.165) is 25.9 Å². The third-order valence-electron chi connectivity index (χ3n) is 4.36. The monoisotopic (exact) mass is 353 g/mol. The number of piperazine rings is 1. The van der Waals surface area contributed by atoms with E-state index in [0.29, 0.717) is 19.6 Å². The summed E-state index contributed by atoms with van der Waals surface area (Å²) in [5.74, 6) is -0.263. The summed E-state index contributed by atoms with van der Waals surface area (Å²) in [7, 11) is 0. The molecule has 142 valence electrons. The summed E-state index contributed by atoms with van der Waals surface area (Å²) in [5, 5.41) is 8.11. The zero-order valence-corrected chi connectivity index (χ0v) is 15.7. The molecule has 1 saturated carbocycles. The van der Waals surface area contributed by atoms with Crippen LogP contribution in [0, 0.1) is 0 Å². The van der Waals surface area contributed by atoms with Crippen molar-refractivity contribution in [1.29, 1.82) is 0 Å². The summed E-state index contributed by atoms with van der Waals surface area (Å²) >= 11 is 0. The standard InChI is InChI=1S/C17H31N5O3/c1-12(15(24)19-16(25)18-13-5-6-13)22-9-7-21(8-10-22)11-14(23)20-17(2,3)4/h12-13H,5-11H2,1-4H3,(H,20,23)(H2,18,19,24,25). The lowest BCUT2D eigenvalue weighted by molar-refractivity contribution is -0.127. The molecule has 0 spiro atoms. The molecule has 25 heavy (non-hydrogen) atoms. The molecule has 1 aliphatic carbocycles. The minimum absolute atomic E-state index is 0.0171. The number of imide groups is 1. The number of nitrogens with one attached hydrogen (secondary N) is 3. The molecule has 3 N–H and O–H groups in total. The van der Waals surface area contributed by atoms with Crippen LogP contribution in [0.2, 0.25) is 0 Å². The molecule has 1 aliphatic heterocycles. The lowest BCUT2D eigenvalue weighted by Crippen LogP contribution is -2.57. The van der Waals surface area contributed by atoms with E-state index in [1.165, 1.54) is 0 Å². The van der Waals surface area contributed by atoms with Gasteiger partial charge in [0.1, 0.15) is 0 Å². The zero-order valence-electron chi connectivity index (χ0n) is 15.7. The number of amides is 4. The Morgan fingerprint density at radius 3 is 2.20 bits per heavy atom. The van der Waals surface area contributed by atoms with Gasteiger partial charge in [-0.2, -0.15) is 0 Å². The van der Waals surface area contributed by atoms with Gasteiger partial charge < -0.3 is 10.6 Å². The van der Waals surface area contributed by atoms with Crippen molar-refractivity contribution in [3.05, 3.63) is 0 Å². The van der Waals surface area contributed by atoms with Gasteiger partial charge in [0, 0.05) is 37.8 Å². The summed E-state index contributed by atoms with van der Waals surface area (Å²) in [5.41, 5.74) is -0.230. The number of urea groups is 1. The van der Waals surface area contributed by atoms with E-state index in [1.54, 1.807) is 0 Å². The minimum atomic E-state index is -0.406. The van der Waals surface area contributed by atoms with Gasteiger partial charge >= 0.3 is 6.03 Å². The van der Waals surface area contributed by atoms with Gasteiger partial charge in [-0.25, -0.2) is 4.79 Å². The van der Waals surface area contributed by atoms with Crippen molar-refractivity contribution in [2.45, 2.75) is 58.2 Å². The second kappa shape index (κ2) is 8.14. The van der Waals surface area contributed by atoms with Crippen molar-refractivity contribution < 1.29 is 14.4 Å². The molecular weight excluding hydrogens is 322 g/mol. The largest absolute Gasteiger partial charge is 0.350 e. The van der Waals surface area contributed by atoms with Crippen molar-refractivity contribution in [2.24, 2.45) is 0 Å². The fraction of sp³-hybridized carbons (Fsp3) is 0.824. The third kappa shape index (κ3) is 6.99. The molecule has 0 aromatic heterocycles. The van der Waals surface area contributed by atoms with Crippen LogP contribution in [0.3, 0.4) is 0 Å². The second-order valence-corrected chi connectivity index (χ2v) is 8.02. The fourth-order valence-corrected chi connectivity index (χ4v) is 2.80. The smallest absolute Gasteiger partial charge is 0.321 e. The minimum Gasteiger partial charge on any atom is -0.350 e. The highest BCUT2D eigenvalue weighted by atomic mass is 16.2. The van der Waals surface area contributed by atoms with E-state index in [1.807, 2.05) is 32.6 Å². The summed E-state index contributed by atoms with van der Waals surface area (Å²) in [6, 6.07) is -0.543. The van der Waals surface area contributed by atoms with E-state index >= 15 is 0 Å². The molecule has 1 atom stereocenters. The third-order valence-corrected chi connectivity index (χ3v) is 4.36. The lowest BCUT2D eigenvalue weighted by Gasteiger charge is -2.37. The van der Waals surface area contributed by atoms with Crippen LogP contribution in [0.5, 0.6) is 0 Å². The first-order chi connectivity index (χ1) is 11.6. The topological polar surface area (TPSA) is 93.8 Å². The van der Waals surface area contributed by atoms with Crippen molar-refractivity contribution in [2.75, 3.05) is 32.7 Å². The predicted molar refractivity (Wildman–Crippen MR) is 95.1 cm³/mol. The van der Waals surface area contributed by atoms with Crippen LogP contribution < -0.4 is 16.0 Å². The Balaban J connectivity index is 1.70. The predicted octanol–water partition coefficient (Wildman–Crippen LogP) is -0.105. The number of nitrogens with zero attached hydrogens (tertiary/aromatic N) is 2. The molecule has 8 nitrogen and oxygen atoms in total. The highest BCUT2D eigenvalue weighted by Gasteiger charge is 2.29. The van der Waals surface area contributed by atoms with Crippen molar-refractivity contribution in [1.82, 2.24) is 25.8 Å². The zero-order chi connectivity index (χ0) is 18.6. The normalized spacial score (nSPS) is 20.6. The molecule has 1 saturated heterocycles. The van der Waals surface area contributed by atoms with Gasteiger partial charge in [-0.15, -0.1) is 0 Å². The molecule has 1 heterocycles. The Hall–Kier alpha value is -1.67. The first-order valence-corrected chi connectivity index (χ1v) is 9.03. The van der Waals surface area contributed by atoms with E-state index < -0.39 is 6.03 Å². The van der Waals surface area contributed by atoms with E-state index in [9.17, 15) is 14.4 Å². The maximum Gasteiger partial charge on any atom is 0.321 e. The van der Waals surface area contributed by atoms with Crippen LogP contribution in [0.15, 0.2) is 0 Å². The molecule has 4 amide bonds. The molecular formula is C17H31N5O3. The molecule has 2 rings (SSSR count). The molecule has 1 unspecified atom stereocenters. The maximum atomic E-state index is 12.2. The van der Waals surface area contributed by atoms with Crippen LogP contribution in [-0.2, 0) is 9.59 Å². The Kier molecular flexibility index (Phi) is 6.40. The highest BCUT2D eigenvalue weighted by molar-refractivity contribution is 5.97. The van der Waals surface area contributed by atoms with Gasteiger partial charge in [-0.05, 0) is 40.5 Å². The van der Waals surface area contributed by atoms with Crippen LogP contribution in [0.4, 0.5) is 4.79 Å². The lowest BCUT2D eigenvalue weighted by atomic mass is 10.1. The highest BCUT2D eigenvalue weighted by Crippen LogP contribution is 2.18. The van der Waals surface area contributed by atoms with E-state index in [2.05, 4.69) is 20.9 Å². The van der Waals surface area contributed by atoms with E-state index in [-0.39, 0.29) is 29.4 Å². The average molecular weight is 353 g/mol. The van der Waals surface area contributed by atoms with Gasteiger partial charge in [0.05, 0.1) is 12.6 Å². The Labute approximate surface area is 149 Å². The van der Waals surface area contributed by atoms with Gasteiger partial charge in [-0.1, -0.05) is 0 Å². The number of carbonyl (C=O) groups excluding carboxylic acids is 3. The van der Waals surface area contributed by atoms with Gasteiger partial charge in [0.2, 0.25) is 11.8 Å². The molecule has 0 radical (unpaired) electrons. The van der Waals surface area contributed by atoms with Crippen LogP contribution in [0.25, 0.3) is 0 Å². The second-order valence-electron chi connectivity index (χ2n) is 8.02. The molecule has 0 aromatic carbocycles.